The minimum Gasteiger partial charge on any atom is -0.462 e. The fraction of sp³-hybridized carbons (Fsp3) is 0.953. The van der Waals surface area contributed by atoms with Gasteiger partial charge in [-0.1, -0.05) is 395 Å². The third-order valence-electron chi connectivity index (χ3n) is 20.2. The van der Waals surface area contributed by atoms with Crippen molar-refractivity contribution in [3.05, 3.63) is 0 Å². The number of phosphoric acid groups is 2. The third-order valence-corrected chi connectivity index (χ3v) is 22.1. The van der Waals surface area contributed by atoms with E-state index in [2.05, 4.69) is 48.5 Å². The lowest BCUT2D eigenvalue weighted by atomic mass is 9.99. The normalized spacial score (nSPS) is 14.2. The molecule has 0 aliphatic carbocycles. The molecule has 0 radical (unpaired) electrons. The summed E-state index contributed by atoms with van der Waals surface area (Å²) in [7, 11) is -9.93. The molecule has 3 N–H and O–H groups in total. The van der Waals surface area contributed by atoms with Crippen LogP contribution in [0.4, 0.5) is 0 Å². The van der Waals surface area contributed by atoms with Gasteiger partial charge in [0.05, 0.1) is 26.4 Å². The zero-order valence-electron chi connectivity index (χ0n) is 68.5. The molecule has 0 heterocycles. The summed E-state index contributed by atoms with van der Waals surface area (Å²) in [6.07, 6.45) is 65.3. The highest BCUT2D eigenvalue weighted by Crippen LogP contribution is 2.45. The molecule has 0 aromatic carbocycles. The number of esters is 4. The number of unbranched alkanes of at least 4 members (excludes halogenated alkanes) is 50. The topological polar surface area (TPSA) is 237 Å². The zero-order chi connectivity index (χ0) is 76.5. The minimum atomic E-state index is -4.97. The molecule has 0 bridgehead atoms. The van der Waals surface area contributed by atoms with Crippen LogP contribution in [0.3, 0.4) is 0 Å². The number of aliphatic hydroxyl groups is 1. The monoisotopic (exact) mass is 1520 g/mol. The average Bonchev–Trinajstić information content (AvgIpc) is 0.913. The van der Waals surface area contributed by atoms with E-state index in [1.165, 1.54) is 257 Å². The molecule has 104 heavy (non-hydrogen) atoms. The van der Waals surface area contributed by atoms with Crippen molar-refractivity contribution >= 4 is 39.5 Å². The summed E-state index contributed by atoms with van der Waals surface area (Å²) >= 11 is 0. The largest absolute Gasteiger partial charge is 0.472 e. The number of aliphatic hydroxyl groups excluding tert-OH is 1. The van der Waals surface area contributed by atoms with Crippen molar-refractivity contribution in [2.45, 2.75) is 465 Å². The van der Waals surface area contributed by atoms with Crippen molar-refractivity contribution in [1.82, 2.24) is 0 Å². The van der Waals surface area contributed by atoms with Gasteiger partial charge in [0.15, 0.2) is 12.2 Å². The van der Waals surface area contributed by atoms with Crippen LogP contribution in [-0.4, -0.2) is 96.7 Å². The van der Waals surface area contributed by atoms with Crippen LogP contribution in [0.15, 0.2) is 0 Å². The second kappa shape index (κ2) is 75.1. The van der Waals surface area contributed by atoms with Crippen LogP contribution >= 0.6 is 15.6 Å². The van der Waals surface area contributed by atoms with Crippen LogP contribution in [-0.2, 0) is 65.4 Å². The van der Waals surface area contributed by atoms with Gasteiger partial charge in [-0.2, -0.15) is 0 Å². The summed E-state index contributed by atoms with van der Waals surface area (Å²) in [5, 5.41) is 10.7. The average molecular weight is 1520 g/mol. The highest BCUT2D eigenvalue weighted by molar-refractivity contribution is 7.47. The Hall–Kier alpha value is -1.94. The van der Waals surface area contributed by atoms with E-state index in [0.29, 0.717) is 25.7 Å². The molecule has 6 atom stereocenters. The van der Waals surface area contributed by atoms with E-state index >= 15 is 0 Å². The molecule has 0 saturated heterocycles. The fourth-order valence-electron chi connectivity index (χ4n) is 13.2. The van der Waals surface area contributed by atoms with Gasteiger partial charge in [-0.15, -0.1) is 0 Å². The van der Waals surface area contributed by atoms with Crippen LogP contribution in [0.25, 0.3) is 0 Å². The van der Waals surface area contributed by atoms with Gasteiger partial charge in [0.1, 0.15) is 19.3 Å². The van der Waals surface area contributed by atoms with E-state index in [9.17, 15) is 43.2 Å². The maximum Gasteiger partial charge on any atom is 0.472 e. The molecule has 0 aromatic rings. The number of hydrogen-bond acceptors (Lipinski definition) is 15. The highest BCUT2D eigenvalue weighted by atomic mass is 31.2. The van der Waals surface area contributed by atoms with E-state index in [1.807, 2.05) is 0 Å². The molecule has 0 fully saturated rings. The molecular weight excluding hydrogens is 1350 g/mol. The van der Waals surface area contributed by atoms with Crippen LogP contribution in [0.5, 0.6) is 0 Å². The van der Waals surface area contributed by atoms with Crippen molar-refractivity contribution in [2.24, 2.45) is 17.8 Å². The summed E-state index contributed by atoms with van der Waals surface area (Å²) in [6.45, 7) is 12.0. The molecule has 0 saturated carbocycles. The van der Waals surface area contributed by atoms with Crippen molar-refractivity contribution in [2.75, 3.05) is 39.6 Å². The Kier molecular flexibility index (Phi) is 73.7. The van der Waals surface area contributed by atoms with E-state index < -0.39 is 97.5 Å². The first kappa shape index (κ1) is 102. The molecule has 618 valence electrons. The molecule has 0 aromatic heterocycles. The number of ether oxygens (including phenoxy) is 4. The van der Waals surface area contributed by atoms with Gasteiger partial charge in [0.2, 0.25) is 0 Å². The summed E-state index contributed by atoms with van der Waals surface area (Å²) < 4.78 is 68.9. The van der Waals surface area contributed by atoms with Gasteiger partial charge in [0, 0.05) is 25.7 Å². The standard InChI is InChI=1S/C85H166O17P2/c1-8-10-11-12-13-14-15-16-17-18-19-20-21-26-29-32-38-47-54-61-68-84(89)101-80(72-95-82(87)66-59-52-45-37-31-28-25-23-22-24-27-30-35-42-49-56-63-76(3)4)74-99-103(91,92)97-70-79(86)71-98-104(93,94)100-75-81(73-96-83(88)67-60-53-46-41-40-43-50-57-64-77(5)6)102-85(90)69-62-55-48-39-34-33-36-44-51-58-65-78(7)9-2/h76-81,86H,8-75H2,1-7H3,(H,91,92)(H,93,94)/t78?,79-,80-,81-/m1/s1. The van der Waals surface area contributed by atoms with Gasteiger partial charge in [-0.05, 0) is 43.4 Å². The lowest BCUT2D eigenvalue weighted by Gasteiger charge is -2.21. The first-order chi connectivity index (χ1) is 50.3. The number of rotatable bonds is 83. The lowest BCUT2D eigenvalue weighted by molar-refractivity contribution is -0.161. The summed E-state index contributed by atoms with van der Waals surface area (Å²) in [5.74, 6) is 0.235. The zero-order valence-corrected chi connectivity index (χ0v) is 70.3. The second-order valence-electron chi connectivity index (χ2n) is 31.8. The molecule has 0 rings (SSSR count). The summed E-state index contributed by atoms with van der Waals surface area (Å²) in [4.78, 5) is 73.2. The molecule has 0 aliphatic heterocycles. The van der Waals surface area contributed by atoms with Gasteiger partial charge < -0.3 is 33.8 Å². The first-order valence-corrected chi connectivity index (χ1v) is 46.9. The first-order valence-electron chi connectivity index (χ1n) is 43.9. The molecule has 3 unspecified atom stereocenters. The van der Waals surface area contributed by atoms with Crippen LogP contribution in [0.1, 0.15) is 447 Å². The Balaban J connectivity index is 5.24. The van der Waals surface area contributed by atoms with Crippen molar-refractivity contribution < 1.29 is 80.2 Å². The van der Waals surface area contributed by atoms with E-state index in [-0.39, 0.29) is 25.7 Å². The second-order valence-corrected chi connectivity index (χ2v) is 34.7. The number of carbonyl (C=O) groups excluding carboxylic acids is 4. The van der Waals surface area contributed by atoms with Crippen LogP contribution in [0.2, 0.25) is 0 Å². The molecule has 0 aliphatic rings. The molecule has 0 amide bonds. The Morgan fingerprint density at radius 2 is 0.490 bits per heavy atom. The highest BCUT2D eigenvalue weighted by Gasteiger charge is 2.30. The Bertz CT molecular complexity index is 2010. The third kappa shape index (κ3) is 76.8. The molecular formula is C85H166O17P2. The maximum absolute atomic E-state index is 13.1. The van der Waals surface area contributed by atoms with Crippen molar-refractivity contribution in [3.8, 4) is 0 Å². The van der Waals surface area contributed by atoms with Gasteiger partial charge in [-0.25, -0.2) is 9.13 Å². The van der Waals surface area contributed by atoms with Crippen molar-refractivity contribution in [1.29, 1.82) is 0 Å². The number of phosphoric ester groups is 2. The SMILES string of the molecule is CCCCCCCCCCCCCCCCCCCCCCC(=O)O[C@H](COC(=O)CCCCCCCCCCCCCCCCCCC(C)C)COP(=O)(O)OC[C@@H](O)COP(=O)(O)OC[C@@H](COC(=O)CCCCCCCCCCC(C)C)OC(=O)CCCCCCCCCCCCC(C)CC. The number of carbonyl (C=O) groups is 4. The van der Waals surface area contributed by atoms with Gasteiger partial charge in [0.25, 0.3) is 0 Å². The van der Waals surface area contributed by atoms with E-state index in [1.54, 1.807) is 0 Å². The smallest absolute Gasteiger partial charge is 0.462 e. The van der Waals surface area contributed by atoms with E-state index in [0.717, 1.165) is 108 Å². The van der Waals surface area contributed by atoms with Crippen LogP contribution in [0, 0.1) is 17.8 Å². The Morgan fingerprint density at radius 3 is 0.731 bits per heavy atom. The molecule has 17 nitrogen and oxygen atoms in total. The van der Waals surface area contributed by atoms with E-state index in [4.69, 9.17) is 37.0 Å². The van der Waals surface area contributed by atoms with Crippen LogP contribution < -0.4 is 0 Å². The lowest BCUT2D eigenvalue weighted by Crippen LogP contribution is -2.30. The fourth-order valence-corrected chi connectivity index (χ4v) is 14.7. The maximum atomic E-state index is 13.1. The summed E-state index contributed by atoms with van der Waals surface area (Å²) in [5.41, 5.74) is 0. The predicted molar refractivity (Wildman–Crippen MR) is 428 cm³/mol. The molecule has 0 spiro atoms. The molecule has 19 heteroatoms. The van der Waals surface area contributed by atoms with Gasteiger partial charge in [-0.3, -0.25) is 37.3 Å². The predicted octanol–water partition coefficient (Wildman–Crippen LogP) is 25.7. The van der Waals surface area contributed by atoms with Gasteiger partial charge >= 0.3 is 39.5 Å². The Labute approximate surface area is 638 Å². The summed E-state index contributed by atoms with van der Waals surface area (Å²) in [6, 6.07) is 0. The quantitative estimate of drug-likeness (QED) is 0.0222. The minimum absolute atomic E-state index is 0.106. The van der Waals surface area contributed by atoms with Crippen molar-refractivity contribution in [3.63, 3.8) is 0 Å². The number of hydrogen-bond donors (Lipinski definition) is 3. The Morgan fingerprint density at radius 1 is 0.279 bits per heavy atom.